The van der Waals surface area contributed by atoms with E-state index < -0.39 is 0 Å². The molecule has 0 saturated heterocycles. The zero-order valence-corrected chi connectivity index (χ0v) is 8.78. The maximum atomic E-state index is 11.2. The molecule has 0 aliphatic heterocycles. The van der Waals surface area contributed by atoms with Crippen LogP contribution in [-0.4, -0.2) is 19.0 Å². The number of halogens is 1. The Bertz CT molecular complexity index is 143. The standard InChI is InChI=1S/C9H17ClO2/c1-9(2,8(11)12-3)6-4-5-7-10/h4-7H2,1-3H3. The van der Waals surface area contributed by atoms with E-state index in [0.717, 1.165) is 19.3 Å². The molecule has 0 aromatic heterocycles. The van der Waals surface area contributed by atoms with Crippen LogP contribution >= 0.6 is 11.6 Å². The molecular weight excluding hydrogens is 176 g/mol. The molecule has 72 valence electrons. The van der Waals surface area contributed by atoms with Gasteiger partial charge in [-0.05, 0) is 26.7 Å². The number of methoxy groups -OCH3 is 1. The molecule has 0 aromatic rings. The second-order valence-electron chi connectivity index (χ2n) is 3.52. The van der Waals surface area contributed by atoms with Crippen molar-refractivity contribution in [3.05, 3.63) is 0 Å². The van der Waals surface area contributed by atoms with Gasteiger partial charge in [0.1, 0.15) is 0 Å². The number of carbonyl (C=O) groups is 1. The average molecular weight is 193 g/mol. The Labute approximate surface area is 79.2 Å². The van der Waals surface area contributed by atoms with Crippen LogP contribution in [0.1, 0.15) is 33.1 Å². The summed E-state index contributed by atoms with van der Waals surface area (Å²) in [5.74, 6) is 0.522. The summed E-state index contributed by atoms with van der Waals surface area (Å²) in [4.78, 5) is 11.2. The fourth-order valence-corrected chi connectivity index (χ4v) is 1.23. The summed E-state index contributed by atoms with van der Waals surface area (Å²) in [6.45, 7) is 3.79. The maximum absolute atomic E-state index is 11.2. The number of hydrogen-bond donors (Lipinski definition) is 0. The van der Waals surface area contributed by atoms with Crippen LogP contribution in [0, 0.1) is 5.41 Å². The maximum Gasteiger partial charge on any atom is 0.311 e. The molecule has 3 heteroatoms. The second kappa shape index (κ2) is 5.41. The number of ether oxygens (including phenoxy) is 1. The molecule has 0 fully saturated rings. The smallest absolute Gasteiger partial charge is 0.311 e. The second-order valence-corrected chi connectivity index (χ2v) is 3.90. The summed E-state index contributed by atoms with van der Waals surface area (Å²) in [7, 11) is 1.42. The van der Waals surface area contributed by atoms with Gasteiger partial charge in [-0.3, -0.25) is 4.79 Å². The Hall–Kier alpha value is -0.240. The van der Waals surface area contributed by atoms with Gasteiger partial charge in [0.25, 0.3) is 0 Å². The molecule has 0 unspecified atom stereocenters. The molecule has 0 atom stereocenters. The lowest BCUT2D eigenvalue weighted by molar-refractivity contribution is -0.151. The zero-order valence-electron chi connectivity index (χ0n) is 8.02. The first-order valence-electron chi connectivity index (χ1n) is 4.19. The Morgan fingerprint density at radius 3 is 2.42 bits per heavy atom. The van der Waals surface area contributed by atoms with E-state index in [-0.39, 0.29) is 11.4 Å². The number of alkyl halides is 1. The summed E-state index contributed by atoms with van der Waals surface area (Å²) in [6.07, 6.45) is 2.78. The van der Waals surface area contributed by atoms with Crippen molar-refractivity contribution in [1.29, 1.82) is 0 Å². The minimum atomic E-state index is -0.360. The van der Waals surface area contributed by atoms with Crippen LogP contribution in [0.15, 0.2) is 0 Å². The number of carbonyl (C=O) groups excluding carboxylic acids is 1. The topological polar surface area (TPSA) is 26.3 Å². The quantitative estimate of drug-likeness (QED) is 0.380. The first kappa shape index (κ1) is 11.8. The lowest BCUT2D eigenvalue weighted by Crippen LogP contribution is -2.25. The Kier molecular flexibility index (Phi) is 5.31. The molecule has 0 saturated carbocycles. The van der Waals surface area contributed by atoms with Crippen molar-refractivity contribution in [2.75, 3.05) is 13.0 Å². The highest BCUT2D eigenvalue weighted by molar-refractivity contribution is 6.17. The molecule has 0 aliphatic rings. The van der Waals surface area contributed by atoms with Crippen molar-refractivity contribution < 1.29 is 9.53 Å². The molecule has 0 spiro atoms. The summed E-state index contributed by atoms with van der Waals surface area (Å²) in [5, 5.41) is 0. The minimum Gasteiger partial charge on any atom is -0.469 e. The zero-order chi connectivity index (χ0) is 9.61. The van der Waals surface area contributed by atoms with Crippen molar-refractivity contribution in [1.82, 2.24) is 0 Å². The normalized spacial score (nSPS) is 11.3. The van der Waals surface area contributed by atoms with E-state index in [1.54, 1.807) is 0 Å². The van der Waals surface area contributed by atoms with Gasteiger partial charge in [0.15, 0.2) is 0 Å². The number of esters is 1. The van der Waals surface area contributed by atoms with Crippen molar-refractivity contribution >= 4 is 17.6 Å². The monoisotopic (exact) mass is 192 g/mol. The Morgan fingerprint density at radius 2 is 2.00 bits per heavy atom. The molecule has 0 aliphatic carbocycles. The van der Waals surface area contributed by atoms with E-state index in [1.807, 2.05) is 13.8 Å². The fourth-order valence-electron chi connectivity index (χ4n) is 1.04. The van der Waals surface area contributed by atoms with Gasteiger partial charge < -0.3 is 4.74 Å². The van der Waals surface area contributed by atoms with E-state index in [0.29, 0.717) is 5.88 Å². The molecular formula is C9H17ClO2. The van der Waals surface area contributed by atoms with Crippen LogP contribution in [0.25, 0.3) is 0 Å². The largest absolute Gasteiger partial charge is 0.469 e. The van der Waals surface area contributed by atoms with Gasteiger partial charge in [-0.1, -0.05) is 6.42 Å². The number of unbranched alkanes of at least 4 members (excludes halogenated alkanes) is 1. The van der Waals surface area contributed by atoms with Crippen molar-refractivity contribution in [2.24, 2.45) is 5.41 Å². The summed E-state index contributed by atoms with van der Waals surface area (Å²) < 4.78 is 4.67. The van der Waals surface area contributed by atoms with Gasteiger partial charge in [-0.15, -0.1) is 11.6 Å². The third-order valence-corrected chi connectivity index (χ3v) is 2.19. The van der Waals surface area contributed by atoms with E-state index in [2.05, 4.69) is 4.74 Å². The minimum absolute atomic E-state index is 0.142. The predicted octanol–water partition coefficient (Wildman–Crippen LogP) is 2.59. The van der Waals surface area contributed by atoms with Crippen LogP contribution in [0.4, 0.5) is 0 Å². The van der Waals surface area contributed by atoms with Crippen LogP contribution in [-0.2, 0) is 9.53 Å². The Morgan fingerprint density at radius 1 is 1.42 bits per heavy atom. The van der Waals surface area contributed by atoms with Gasteiger partial charge >= 0.3 is 5.97 Å². The third-order valence-electron chi connectivity index (χ3n) is 1.92. The van der Waals surface area contributed by atoms with Crippen molar-refractivity contribution in [3.63, 3.8) is 0 Å². The van der Waals surface area contributed by atoms with Gasteiger partial charge in [0.2, 0.25) is 0 Å². The van der Waals surface area contributed by atoms with E-state index in [1.165, 1.54) is 7.11 Å². The molecule has 0 radical (unpaired) electrons. The highest BCUT2D eigenvalue weighted by Gasteiger charge is 2.27. The predicted molar refractivity (Wildman–Crippen MR) is 50.4 cm³/mol. The fraction of sp³-hybridized carbons (Fsp3) is 0.889. The lowest BCUT2D eigenvalue weighted by Gasteiger charge is -2.20. The van der Waals surface area contributed by atoms with Gasteiger partial charge in [-0.2, -0.15) is 0 Å². The molecule has 0 amide bonds. The van der Waals surface area contributed by atoms with Crippen molar-refractivity contribution in [3.8, 4) is 0 Å². The third kappa shape index (κ3) is 3.96. The van der Waals surface area contributed by atoms with Crippen LogP contribution in [0.5, 0.6) is 0 Å². The van der Waals surface area contributed by atoms with Gasteiger partial charge in [-0.25, -0.2) is 0 Å². The Balaban J connectivity index is 3.78. The van der Waals surface area contributed by atoms with Crippen LogP contribution in [0.2, 0.25) is 0 Å². The average Bonchev–Trinajstić information content (AvgIpc) is 2.03. The molecule has 0 bridgehead atoms. The van der Waals surface area contributed by atoms with Gasteiger partial charge in [0, 0.05) is 5.88 Å². The lowest BCUT2D eigenvalue weighted by atomic mass is 9.87. The van der Waals surface area contributed by atoms with E-state index in [9.17, 15) is 4.79 Å². The molecule has 2 nitrogen and oxygen atoms in total. The number of rotatable bonds is 5. The van der Waals surface area contributed by atoms with Crippen molar-refractivity contribution in [2.45, 2.75) is 33.1 Å². The molecule has 0 aromatic carbocycles. The first-order valence-corrected chi connectivity index (χ1v) is 4.72. The summed E-state index contributed by atoms with van der Waals surface area (Å²) >= 11 is 5.53. The molecule has 0 N–H and O–H groups in total. The van der Waals surface area contributed by atoms with E-state index >= 15 is 0 Å². The molecule has 12 heavy (non-hydrogen) atoms. The number of hydrogen-bond acceptors (Lipinski definition) is 2. The highest BCUT2D eigenvalue weighted by Crippen LogP contribution is 2.24. The SMILES string of the molecule is COC(=O)C(C)(C)CCCCCl. The van der Waals surface area contributed by atoms with Crippen LogP contribution < -0.4 is 0 Å². The summed E-state index contributed by atoms with van der Waals surface area (Å²) in [5.41, 5.74) is -0.360. The molecule has 0 heterocycles. The van der Waals surface area contributed by atoms with Crippen LogP contribution in [0.3, 0.4) is 0 Å². The molecule has 0 rings (SSSR count). The first-order chi connectivity index (χ1) is 5.54. The van der Waals surface area contributed by atoms with E-state index in [4.69, 9.17) is 11.6 Å². The highest BCUT2D eigenvalue weighted by atomic mass is 35.5. The van der Waals surface area contributed by atoms with Gasteiger partial charge in [0.05, 0.1) is 12.5 Å². The summed E-state index contributed by atoms with van der Waals surface area (Å²) in [6, 6.07) is 0.